The van der Waals surface area contributed by atoms with Crippen molar-refractivity contribution in [3.63, 3.8) is 0 Å². The van der Waals surface area contributed by atoms with Gasteiger partial charge in [-0.3, -0.25) is 4.79 Å². The van der Waals surface area contributed by atoms with E-state index in [0.29, 0.717) is 21.3 Å². The molecule has 0 atom stereocenters. The van der Waals surface area contributed by atoms with Crippen LogP contribution in [0.3, 0.4) is 0 Å². The van der Waals surface area contributed by atoms with E-state index in [1.165, 1.54) is 4.90 Å². The van der Waals surface area contributed by atoms with Gasteiger partial charge in [0.15, 0.2) is 0 Å². The van der Waals surface area contributed by atoms with E-state index in [2.05, 4.69) is 0 Å². The van der Waals surface area contributed by atoms with Crippen molar-refractivity contribution in [3.8, 4) is 0 Å². The SMILES string of the molecule is CN(C(=O)c1c(Cl)cccc1Cl)c1ccccc1C(N)=S. The topological polar surface area (TPSA) is 46.3 Å². The molecule has 108 valence electrons. The summed E-state index contributed by atoms with van der Waals surface area (Å²) in [5.74, 6) is -0.325. The molecule has 1 amide bonds. The van der Waals surface area contributed by atoms with Crippen LogP contribution in [-0.2, 0) is 0 Å². The lowest BCUT2D eigenvalue weighted by molar-refractivity contribution is 0.0993. The molecule has 21 heavy (non-hydrogen) atoms. The summed E-state index contributed by atoms with van der Waals surface area (Å²) < 4.78 is 0. The van der Waals surface area contributed by atoms with Crippen LogP contribution in [0.1, 0.15) is 15.9 Å². The van der Waals surface area contributed by atoms with E-state index in [4.69, 9.17) is 41.2 Å². The Balaban J connectivity index is 2.48. The highest BCUT2D eigenvalue weighted by Gasteiger charge is 2.21. The molecule has 2 N–H and O–H groups in total. The van der Waals surface area contributed by atoms with E-state index in [1.807, 2.05) is 0 Å². The van der Waals surface area contributed by atoms with Gasteiger partial charge < -0.3 is 10.6 Å². The Morgan fingerprint density at radius 3 is 2.24 bits per heavy atom. The molecule has 2 aromatic rings. The first-order valence-corrected chi connectivity index (χ1v) is 7.20. The Hall–Kier alpha value is -1.62. The standard InChI is InChI=1S/C15H12Cl2N2OS/c1-19(12-8-3-2-5-9(12)14(18)21)15(20)13-10(16)6-4-7-11(13)17/h2-8H,1H3,(H2,18,21). The highest BCUT2D eigenvalue weighted by Crippen LogP contribution is 2.28. The highest BCUT2D eigenvalue weighted by atomic mass is 35.5. The minimum atomic E-state index is -0.325. The number of hydrogen-bond acceptors (Lipinski definition) is 2. The van der Waals surface area contributed by atoms with Crippen LogP contribution in [0.2, 0.25) is 10.0 Å². The summed E-state index contributed by atoms with van der Waals surface area (Å²) in [4.78, 5) is 14.3. The van der Waals surface area contributed by atoms with Gasteiger partial charge in [0.1, 0.15) is 4.99 Å². The van der Waals surface area contributed by atoms with Crippen molar-refractivity contribution in [2.45, 2.75) is 0 Å². The van der Waals surface area contributed by atoms with Gasteiger partial charge in [0.05, 0.1) is 21.3 Å². The fourth-order valence-corrected chi connectivity index (χ4v) is 2.69. The number of nitrogens with zero attached hydrogens (tertiary/aromatic N) is 1. The number of amides is 1. The molecule has 3 nitrogen and oxygen atoms in total. The minimum Gasteiger partial charge on any atom is -0.389 e. The fourth-order valence-electron chi connectivity index (χ4n) is 1.95. The molecule has 6 heteroatoms. The van der Waals surface area contributed by atoms with Crippen molar-refractivity contribution in [3.05, 3.63) is 63.6 Å². The van der Waals surface area contributed by atoms with Crippen LogP contribution in [-0.4, -0.2) is 17.9 Å². The van der Waals surface area contributed by atoms with E-state index in [0.717, 1.165) is 0 Å². The Bertz CT molecular complexity index is 698. The molecule has 0 unspecified atom stereocenters. The van der Waals surface area contributed by atoms with Crippen molar-refractivity contribution in [2.24, 2.45) is 5.73 Å². The van der Waals surface area contributed by atoms with Crippen LogP contribution in [0.15, 0.2) is 42.5 Å². The lowest BCUT2D eigenvalue weighted by Gasteiger charge is -2.21. The molecule has 2 aromatic carbocycles. The Morgan fingerprint density at radius 1 is 1.10 bits per heavy atom. The number of nitrogens with two attached hydrogens (primary N) is 1. The number of rotatable bonds is 3. The Labute approximate surface area is 138 Å². The van der Waals surface area contributed by atoms with Crippen LogP contribution in [0.25, 0.3) is 0 Å². The molecular formula is C15H12Cl2N2OS. The molecule has 0 spiro atoms. The van der Waals surface area contributed by atoms with Crippen molar-refractivity contribution < 1.29 is 4.79 Å². The summed E-state index contributed by atoms with van der Waals surface area (Å²) in [6.07, 6.45) is 0. The van der Waals surface area contributed by atoms with Crippen molar-refractivity contribution in [2.75, 3.05) is 11.9 Å². The second-order valence-corrected chi connectivity index (χ2v) is 5.60. The van der Waals surface area contributed by atoms with Crippen LogP contribution < -0.4 is 10.6 Å². The molecule has 0 aromatic heterocycles. The molecule has 0 aliphatic rings. The number of halogens is 2. The smallest absolute Gasteiger partial charge is 0.261 e. The van der Waals surface area contributed by atoms with Gasteiger partial charge in [-0.15, -0.1) is 0 Å². The van der Waals surface area contributed by atoms with Crippen LogP contribution in [0.4, 0.5) is 5.69 Å². The van der Waals surface area contributed by atoms with Crippen molar-refractivity contribution in [1.82, 2.24) is 0 Å². The largest absolute Gasteiger partial charge is 0.389 e. The van der Waals surface area contributed by atoms with Crippen LogP contribution in [0.5, 0.6) is 0 Å². The number of thiocarbonyl (C=S) groups is 1. The second kappa shape index (κ2) is 6.43. The third-order valence-corrected chi connectivity index (χ3v) is 3.86. The Morgan fingerprint density at radius 2 is 1.67 bits per heavy atom. The summed E-state index contributed by atoms with van der Waals surface area (Å²) in [6, 6.07) is 12.0. The molecule has 0 aliphatic heterocycles. The maximum Gasteiger partial charge on any atom is 0.261 e. The fraction of sp³-hybridized carbons (Fsp3) is 0.0667. The van der Waals surface area contributed by atoms with Gasteiger partial charge >= 0.3 is 0 Å². The number of benzene rings is 2. The Kier molecular flexibility index (Phi) is 4.83. The van der Waals surface area contributed by atoms with Gasteiger partial charge in [-0.1, -0.05) is 53.6 Å². The van der Waals surface area contributed by atoms with Gasteiger partial charge in [-0.25, -0.2) is 0 Å². The second-order valence-electron chi connectivity index (χ2n) is 4.34. The number of hydrogen-bond donors (Lipinski definition) is 1. The lowest BCUT2D eigenvalue weighted by atomic mass is 10.1. The number of carbonyl (C=O) groups is 1. The normalized spacial score (nSPS) is 10.2. The molecule has 0 bridgehead atoms. The number of carbonyl (C=O) groups excluding carboxylic acids is 1. The lowest BCUT2D eigenvalue weighted by Crippen LogP contribution is -2.29. The molecular weight excluding hydrogens is 327 g/mol. The maximum absolute atomic E-state index is 12.6. The van der Waals surface area contributed by atoms with Gasteiger partial charge in [-0.05, 0) is 24.3 Å². The zero-order chi connectivity index (χ0) is 15.6. The third kappa shape index (κ3) is 3.18. The summed E-state index contributed by atoms with van der Waals surface area (Å²) in [7, 11) is 1.62. The van der Waals surface area contributed by atoms with Gasteiger partial charge in [-0.2, -0.15) is 0 Å². The third-order valence-electron chi connectivity index (χ3n) is 3.01. The zero-order valence-corrected chi connectivity index (χ0v) is 13.5. The highest BCUT2D eigenvalue weighted by molar-refractivity contribution is 7.80. The van der Waals surface area contributed by atoms with Gasteiger partial charge in [0.2, 0.25) is 0 Å². The zero-order valence-electron chi connectivity index (χ0n) is 11.1. The molecule has 0 saturated heterocycles. The van der Waals surface area contributed by atoms with E-state index in [9.17, 15) is 4.79 Å². The first-order chi connectivity index (χ1) is 9.93. The summed E-state index contributed by atoms with van der Waals surface area (Å²) in [5, 5.41) is 0.597. The molecule has 0 heterocycles. The summed E-state index contributed by atoms with van der Waals surface area (Å²) >= 11 is 17.2. The van der Waals surface area contributed by atoms with E-state index in [-0.39, 0.29) is 16.5 Å². The van der Waals surface area contributed by atoms with E-state index < -0.39 is 0 Å². The molecule has 2 rings (SSSR count). The average Bonchev–Trinajstić information content (AvgIpc) is 2.46. The van der Waals surface area contributed by atoms with Gasteiger partial charge in [0, 0.05) is 12.6 Å². The number of para-hydroxylation sites is 1. The molecule has 0 radical (unpaired) electrons. The molecule has 0 fully saturated rings. The molecule has 0 aliphatic carbocycles. The quantitative estimate of drug-likeness (QED) is 0.863. The van der Waals surface area contributed by atoms with Crippen LogP contribution >= 0.6 is 35.4 Å². The monoisotopic (exact) mass is 338 g/mol. The molecule has 0 saturated carbocycles. The maximum atomic E-state index is 12.6. The minimum absolute atomic E-state index is 0.218. The average molecular weight is 339 g/mol. The summed E-state index contributed by atoms with van der Waals surface area (Å²) in [5.41, 5.74) is 7.16. The first kappa shape index (κ1) is 15.8. The van der Waals surface area contributed by atoms with Crippen molar-refractivity contribution >= 4 is 52.0 Å². The van der Waals surface area contributed by atoms with E-state index in [1.54, 1.807) is 49.5 Å². The van der Waals surface area contributed by atoms with Crippen molar-refractivity contribution in [1.29, 1.82) is 0 Å². The van der Waals surface area contributed by atoms with Crippen LogP contribution in [0, 0.1) is 0 Å². The van der Waals surface area contributed by atoms with E-state index >= 15 is 0 Å². The summed E-state index contributed by atoms with van der Waals surface area (Å²) in [6.45, 7) is 0. The predicted octanol–water partition coefficient (Wildman–Crippen LogP) is 3.90. The first-order valence-electron chi connectivity index (χ1n) is 6.04. The predicted molar refractivity (Wildman–Crippen MR) is 91.5 cm³/mol. The number of anilines is 1. The van der Waals surface area contributed by atoms with Gasteiger partial charge in [0.25, 0.3) is 5.91 Å².